The lowest BCUT2D eigenvalue weighted by atomic mass is 10.1. The van der Waals surface area contributed by atoms with E-state index in [2.05, 4.69) is 19.0 Å². The van der Waals surface area contributed by atoms with Gasteiger partial charge in [-0.05, 0) is 62.6 Å². The first-order valence-electron chi connectivity index (χ1n) is 9.17. The topological polar surface area (TPSA) is 51.0 Å². The third-order valence-corrected chi connectivity index (χ3v) is 4.54. The van der Waals surface area contributed by atoms with Gasteiger partial charge >= 0.3 is 0 Å². The Balaban J connectivity index is 0.00000225. The summed E-state index contributed by atoms with van der Waals surface area (Å²) in [6.07, 6.45) is 0. The maximum atomic E-state index is 6.20. The fourth-order valence-corrected chi connectivity index (χ4v) is 2.80. The van der Waals surface area contributed by atoms with Crippen molar-refractivity contribution in [1.82, 2.24) is 9.88 Å². The molecule has 0 fully saturated rings. The van der Waals surface area contributed by atoms with E-state index in [-0.39, 0.29) is 24.8 Å². The summed E-state index contributed by atoms with van der Waals surface area (Å²) < 4.78 is 16.7. The summed E-state index contributed by atoms with van der Waals surface area (Å²) in [6.45, 7) is 1.73. The second-order valence-electron chi connectivity index (χ2n) is 6.86. The lowest BCUT2D eigenvalue weighted by Crippen LogP contribution is -2.28. The standard InChI is InChI=1S/C22H27N3O3.2ClH/c1-24(2)14-15-25(3)22-23-20(16-6-10-18(26-4)11-7-16)21(28-22)17-8-12-19(27-5)13-9-17;;/h6-13H,14-15H2,1-5H3;2*1H. The minimum atomic E-state index is 0. The van der Waals surface area contributed by atoms with Crippen LogP contribution in [0.1, 0.15) is 0 Å². The molecule has 0 amide bonds. The molecule has 2 aromatic carbocycles. The number of hydrogen-bond acceptors (Lipinski definition) is 6. The van der Waals surface area contributed by atoms with Crippen molar-refractivity contribution >= 4 is 30.8 Å². The highest BCUT2D eigenvalue weighted by molar-refractivity contribution is 5.85. The molecule has 30 heavy (non-hydrogen) atoms. The van der Waals surface area contributed by atoms with Gasteiger partial charge in [-0.3, -0.25) is 0 Å². The molecule has 0 unspecified atom stereocenters. The summed E-state index contributed by atoms with van der Waals surface area (Å²) in [4.78, 5) is 8.96. The molecule has 1 aromatic heterocycles. The number of hydrogen-bond donors (Lipinski definition) is 0. The Morgan fingerprint density at radius 1 is 0.767 bits per heavy atom. The van der Waals surface area contributed by atoms with Gasteiger partial charge < -0.3 is 23.7 Å². The molecule has 0 aliphatic heterocycles. The number of halogens is 2. The average molecular weight is 454 g/mol. The van der Waals surface area contributed by atoms with Gasteiger partial charge in [0.1, 0.15) is 17.2 Å². The Hall–Kier alpha value is -2.41. The summed E-state index contributed by atoms with van der Waals surface area (Å²) >= 11 is 0. The maximum Gasteiger partial charge on any atom is 0.298 e. The molecule has 0 bridgehead atoms. The summed E-state index contributed by atoms with van der Waals surface area (Å²) in [5.74, 6) is 2.35. The van der Waals surface area contributed by atoms with E-state index >= 15 is 0 Å². The number of ether oxygens (including phenoxy) is 2. The quantitative estimate of drug-likeness (QED) is 0.484. The molecule has 8 heteroatoms. The fraction of sp³-hybridized carbons (Fsp3) is 0.318. The predicted molar refractivity (Wildman–Crippen MR) is 127 cm³/mol. The normalized spacial score (nSPS) is 10.2. The van der Waals surface area contributed by atoms with Gasteiger partial charge in [0.2, 0.25) is 0 Å². The lowest BCUT2D eigenvalue weighted by molar-refractivity contribution is 0.410. The molecule has 0 saturated heterocycles. The van der Waals surface area contributed by atoms with Crippen molar-refractivity contribution in [3.63, 3.8) is 0 Å². The largest absolute Gasteiger partial charge is 0.497 e. The van der Waals surface area contributed by atoms with Gasteiger partial charge in [0.05, 0.1) is 14.2 Å². The number of likely N-dealkylation sites (N-methyl/N-ethyl adjacent to an activating group) is 2. The molecular formula is C22H29Cl2N3O3. The number of rotatable bonds is 8. The van der Waals surface area contributed by atoms with Crippen molar-refractivity contribution in [3.8, 4) is 34.1 Å². The van der Waals surface area contributed by atoms with Crippen molar-refractivity contribution in [3.05, 3.63) is 48.5 Å². The summed E-state index contributed by atoms with van der Waals surface area (Å²) in [6, 6.07) is 16.2. The molecule has 0 spiro atoms. The fourth-order valence-electron chi connectivity index (χ4n) is 2.80. The first kappa shape index (κ1) is 25.6. The molecule has 3 aromatic rings. The molecule has 0 aliphatic rings. The van der Waals surface area contributed by atoms with Gasteiger partial charge in [-0.2, -0.15) is 4.98 Å². The van der Waals surface area contributed by atoms with E-state index in [9.17, 15) is 0 Å². The molecule has 0 saturated carbocycles. The Morgan fingerprint density at radius 2 is 1.27 bits per heavy atom. The lowest BCUT2D eigenvalue weighted by Gasteiger charge is -2.17. The number of benzene rings is 2. The minimum absolute atomic E-state index is 0. The van der Waals surface area contributed by atoms with Crippen LogP contribution in [0, 0.1) is 0 Å². The van der Waals surface area contributed by atoms with E-state index in [1.165, 1.54) is 0 Å². The first-order chi connectivity index (χ1) is 13.5. The summed E-state index contributed by atoms with van der Waals surface area (Å²) in [7, 11) is 9.41. The monoisotopic (exact) mass is 453 g/mol. The van der Waals surface area contributed by atoms with Crippen LogP contribution in [0.5, 0.6) is 11.5 Å². The van der Waals surface area contributed by atoms with Gasteiger partial charge in [0.15, 0.2) is 5.76 Å². The second kappa shape index (κ2) is 11.7. The molecule has 164 valence electrons. The van der Waals surface area contributed by atoms with Crippen LogP contribution in [0.4, 0.5) is 6.01 Å². The number of aromatic nitrogens is 1. The average Bonchev–Trinajstić information content (AvgIpc) is 3.17. The van der Waals surface area contributed by atoms with Crippen molar-refractivity contribution in [2.75, 3.05) is 53.4 Å². The van der Waals surface area contributed by atoms with E-state index in [4.69, 9.17) is 18.9 Å². The van der Waals surface area contributed by atoms with Gasteiger partial charge in [0, 0.05) is 31.3 Å². The van der Waals surface area contributed by atoms with E-state index in [0.717, 1.165) is 47.2 Å². The zero-order valence-electron chi connectivity index (χ0n) is 17.9. The van der Waals surface area contributed by atoms with Gasteiger partial charge in [-0.15, -0.1) is 24.8 Å². The Labute approximate surface area is 190 Å². The number of oxazole rings is 1. The number of anilines is 1. The van der Waals surface area contributed by atoms with Crippen molar-refractivity contribution < 1.29 is 13.9 Å². The van der Waals surface area contributed by atoms with Gasteiger partial charge in [-0.1, -0.05) is 0 Å². The molecule has 0 aliphatic carbocycles. The zero-order valence-corrected chi connectivity index (χ0v) is 19.5. The molecule has 0 N–H and O–H groups in total. The van der Waals surface area contributed by atoms with Gasteiger partial charge in [-0.25, -0.2) is 0 Å². The maximum absolute atomic E-state index is 6.20. The molecular weight excluding hydrogens is 425 g/mol. The van der Waals surface area contributed by atoms with E-state index in [1.54, 1.807) is 14.2 Å². The Kier molecular flexibility index (Phi) is 9.99. The van der Waals surface area contributed by atoms with Crippen LogP contribution in [0.25, 0.3) is 22.6 Å². The second-order valence-corrected chi connectivity index (χ2v) is 6.86. The SMILES string of the molecule is COc1ccc(-c2nc(N(C)CCN(C)C)oc2-c2ccc(OC)cc2)cc1.Cl.Cl. The van der Waals surface area contributed by atoms with Crippen molar-refractivity contribution in [2.45, 2.75) is 0 Å². The Morgan fingerprint density at radius 3 is 1.73 bits per heavy atom. The zero-order chi connectivity index (χ0) is 20.1. The third-order valence-electron chi connectivity index (χ3n) is 4.54. The summed E-state index contributed by atoms with van der Waals surface area (Å²) in [5, 5.41) is 0. The van der Waals surface area contributed by atoms with E-state index in [1.807, 2.05) is 60.5 Å². The molecule has 6 nitrogen and oxygen atoms in total. The van der Waals surface area contributed by atoms with Crippen LogP contribution in [-0.2, 0) is 0 Å². The highest BCUT2D eigenvalue weighted by atomic mass is 35.5. The summed E-state index contributed by atoms with van der Waals surface area (Å²) in [5.41, 5.74) is 2.73. The Bertz CT molecular complexity index is 832. The molecule has 1 heterocycles. The van der Waals surface area contributed by atoms with E-state index in [0.29, 0.717) is 6.01 Å². The highest BCUT2D eigenvalue weighted by Crippen LogP contribution is 2.36. The smallest absolute Gasteiger partial charge is 0.298 e. The molecule has 0 atom stereocenters. The number of nitrogens with zero attached hydrogens (tertiary/aromatic N) is 3. The number of methoxy groups -OCH3 is 2. The highest BCUT2D eigenvalue weighted by Gasteiger charge is 2.19. The van der Waals surface area contributed by atoms with Crippen LogP contribution in [0.15, 0.2) is 52.9 Å². The van der Waals surface area contributed by atoms with E-state index < -0.39 is 0 Å². The van der Waals surface area contributed by atoms with Crippen LogP contribution in [-0.4, -0.2) is 58.3 Å². The third kappa shape index (κ3) is 6.05. The van der Waals surface area contributed by atoms with Crippen LogP contribution < -0.4 is 14.4 Å². The van der Waals surface area contributed by atoms with Crippen LogP contribution in [0.3, 0.4) is 0 Å². The first-order valence-corrected chi connectivity index (χ1v) is 9.17. The van der Waals surface area contributed by atoms with Crippen molar-refractivity contribution in [2.24, 2.45) is 0 Å². The van der Waals surface area contributed by atoms with Crippen molar-refractivity contribution in [1.29, 1.82) is 0 Å². The molecule has 0 radical (unpaired) electrons. The molecule has 3 rings (SSSR count). The minimum Gasteiger partial charge on any atom is -0.497 e. The van der Waals surface area contributed by atoms with Crippen LogP contribution in [0.2, 0.25) is 0 Å². The predicted octanol–water partition coefficient (Wildman–Crippen LogP) is 4.87. The van der Waals surface area contributed by atoms with Crippen LogP contribution >= 0.6 is 24.8 Å². The van der Waals surface area contributed by atoms with Gasteiger partial charge in [0.25, 0.3) is 6.01 Å².